The Kier molecular flexibility index (Phi) is 11.0. The summed E-state index contributed by atoms with van der Waals surface area (Å²) in [6, 6.07) is 31.0. The summed E-state index contributed by atoms with van der Waals surface area (Å²) in [7, 11) is 0. The van der Waals surface area contributed by atoms with E-state index in [-0.39, 0.29) is 24.0 Å². The first kappa shape index (κ1) is 35.1. The number of amides is 1. The van der Waals surface area contributed by atoms with Gasteiger partial charge in [0.25, 0.3) is 0 Å². The molecule has 3 unspecified atom stereocenters. The van der Waals surface area contributed by atoms with E-state index < -0.39 is 18.2 Å². The van der Waals surface area contributed by atoms with Gasteiger partial charge in [-0.1, -0.05) is 60.7 Å². The van der Waals surface area contributed by atoms with E-state index in [0.29, 0.717) is 53.6 Å². The van der Waals surface area contributed by atoms with Gasteiger partial charge >= 0.3 is 6.09 Å². The zero-order chi connectivity index (χ0) is 35.9. The van der Waals surface area contributed by atoms with Crippen LogP contribution in [0.15, 0.2) is 108 Å². The molecule has 1 amide bonds. The number of carbonyl (C=O) groups excluding carboxylic acids is 1. The molecule has 0 aliphatic carbocycles. The third-order valence-electron chi connectivity index (χ3n) is 9.89. The molecule has 5 aromatic rings. The second kappa shape index (κ2) is 16.3. The highest BCUT2D eigenvalue weighted by molar-refractivity contribution is 5.87. The van der Waals surface area contributed by atoms with Gasteiger partial charge in [0, 0.05) is 31.1 Å². The van der Waals surface area contributed by atoms with Gasteiger partial charge in [-0.2, -0.15) is 0 Å². The summed E-state index contributed by atoms with van der Waals surface area (Å²) in [4.78, 5) is 29.9. The van der Waals surface area contributed by atoms with Crippen LogP contribution in [-0.4, -0.2) is 71.7 Å². The number of aromatic amines is 1. The molecule has 270 valence electrons. The van der Waals surface area contributed by atoms with Crippen LogP contribution in [0.5, 0.6) is 17.2 Å². The Hall–Kier alpha value is -5.36. The maximum absolute atomic E-state index is 13.2. The Balaban J connectivity index is 0.904. The number of hydrogen-bond donors (Lipinski definition) is 5. The number of alkyl carbamates (subject to hydrolysis) is 1. The highest BCUT2D eigenvalue weighted by Gasteiger charge is 2.37. The zero-order valence-electron chi connectivity index (χ0n) is 28.9. The Morgan fingerprint density at radius 2 is 1.60 bits per heavy atom. The molecule has 8 rings (SSSR count). The van der Waals surface area contributed by atoms with Crippen LogP contribution in [0.1, 0.15) is 47.2 Å². The summed E-state index contributed by atoms with van der Waals surface area (Å²) in [6.07, 6.45) is 0.802. The Bertz CT molecular complexity index is 2030. The fourth-order valence-electron chi connectivity index (χ4n) is 7.20. The highest BCUT2D eigenvalue weighted by Crippen LogP contribution is 2.31. The number of aliphatic hydroxyl groups is 1. The van der Waals surface area contributed by atoms with Crippen molar-refractivity contribution in [3.05, 3.63) is 136 Å². The lowest BCUT2D eigenvalue weighted by Gasteiger charge is -2.43. The van der Waals surface area contributed by atoms with Crippen LogP contribution in [-0.2, 0) is 11.3 Å². The standard InChI is InChI=1S/C41H44N4O7/c46-35-14-12-33(34-13-15-38(48)43-40(34)35)36(47)25-42-24-27-6-4-10-31(22-27)50-20-21-51-32-11-5-9-30(23-32)39(29-7-2-1-3-8-29)44-41(49)52-37-26-45-18-16-28(37)17-19-45/h1-15,22-23,28,36-37,39,42,46-47H,16-21,24-26H2,(H,43,48)(H,44,49). The molecular weight excluding hydrogens is 660 g/mol. The number of H-pyrrole nitrogens is 1. The molecule has 11 nitrogen and oxygen atoms in total. The molecule has 4 aromatic carbocycles. The van der Waals surface area contributed by atoms with Crippen LogP contribution in [0.25, 0.3) is 10.9 Å². The van der Waals surface area contributed by atoms with Crippen molar-refractivity contribution in [2.75, 3.05) is 39.4 Å². The van der Waals surface area contributed by atoms with Crippen LogP contribution in [0.2, 0.25) is 0 Å². The van der Waals surface area contributed by atoms with Crippen molar-refractivity contribution < 1.29 is 29.2 Å². The van der Waals surface area contributed by atoms with Gasteiger partial charge in [-0.3, -0.25) is 9.69 Å². The van der Waals surface area contributed by atoms with Crippen molar-refractivity contribution in [1.29, 1.82) is 0 Å². The van der Waals surface area contributed by atoms with E-state index >= 15 is 0 Å². The average molecular weight is 705 g/mol. The van der Waals surface area contributed by atoms with E-state index in [9.17, 15) is 19.8 Å². The summed E-state index contributed by atoms with van der Waals surface area (Å²) in [5.74, 6) is 1.74. The predicted molar refractivity (Wildman–Crippen MR) is 198 cm³/mol. The van der Waals surface area contributed by atoms with Crippen LogP contribution >= 0.6 is 0 Å². The van der Waals surface area contributed by atoms with E-state index in [1.807, 2.05) is 78.9 Å². The number of phenols is 1. The minimum Gasteiger partial charge on any atom is -0.506 e. The van der Waals surface area contributed by atoms with E-state index in [1.165, 1.54) is 12.1 Å². The second-order valence-corrected chi connectivity index (χ2v) is 13.4. The third-order valence-corrected chi connectivity index (χ3v) is 9.89. The first-order chi connectivity index (χ1) is 25.4. The van der Waals surface area contributed by atoms with Crippen molar-refractivity contribution in [3.63, 3.8) is 0 Å². The SMILES string of the molecule is O=C(NC(c1ccccc1)c1cccc(OCCOc2cccc(CNCC(O)c3ccc(O)c4[nH]c(=O)ccc34)c2)c1)OC1CN2CCC1CC2. The quantitative estimate of drug-likeness (QED) is 0.0957. The predicted octanol–water partition coefficient (Wildman–Crippen LogP) is 5.42. The van der Waals surface area contributed by atoms with Crippen LogP contribution in [0.3, 0.4) is 0 Å². The molecule has 3 saturated heterocycles. The van der Waals surface area contributed by atoms with Gasteiger partial charge in [0.05, 0.1) is 17.7 Å². The summed E-state index contributed by atoms with van der Waals surface area (Å²) >= 11 is 0. The number of nitrogens with one attached hydrogen (secondary N) is 3. The van der Waals surface area contributed by atoms with Gasteiger partial charge in [-0.15, -0.1) is 0 Å². The Morgan fingerprint density at radius 3 is 2.35 bits per heavy atom. The molecule has 0 saturated carbocycles. The van der Waals surface area contributed by atoms with E-state index in [2.05, 4.69) is 20.5 Å². The summed E-state index contributed by atoms with van der Waals surface area (Å²) in [6.45, 7) is 4.36. The van der Waals surface area contributed by atoms with Crippen molar-refractivity contribution in [2.45, 2.75) is 37.6 Å². The van der Waals surface area contributed by atoms with E-state index in [1.54, 1.807) is 12.1 Å². The smallest absolute Gasteiger partial charge is 0.408 e. The van der Waals surface area contributed by atoms with Gasteiger partial charge in [-0.05, 0) is 90.5 Å². The van der Waals surface area contributed by atoms with Gasteiger partial charge in [0.15, 0.2) is 0 Å². The van der Waals surface area contributed by atoms with E-state index in [0.717, 1.165) is 49.2 Å². The molecule has 52 heavy (non-hydrogen) atoms. The number of fused-ring (bicyclic) bond motifs is 4. The second-order valence-electron chi connectivity index (χ2n) is 13.4. The number of aliphatic hydroxyl groups excluding tert-OH is 1. The molecule has 3 fully saturated rings. The lowest BCUT2D eigenvalue weighted by molar-refractivity contribution is -0.0336. The normalized spacial score (nSPS) is 19.1. The van der Waals surface area contributed by atoms with Crippen LogP contribution in [0, 0.1) is 5.92 Å². The molecule has 3 atom stereocenters. The van der Waals surface area contributed by atoms with Crippen molar-refractivity contribution in [3.8, 4) is 17.2 Å². The molecule has 1 aromatic heterocycles. The average Bonchev–Trinajstić information content (AvgIpc) is 3.17. The third kappa shape index (κ3) is 8.56. The summed E-state index contributed by atoms with van der Waals surface area (Å²) < 4.78 is 18.0. The maximum Gasteiger partial charge on any atom is 0.408 e. The number of aromatic hydroxyl groups is 1. The summed E-state index contributed by atoms with van der Waals surface area (Å²) in [5.41, 5.74) is 3.39. The van der Waals surface area contributed by atoms with Gasteiger partial charge in [0.1, 0.15) is 36.6 Å². The fraction of sp³-hybridized carbons (Fsp3) is 0.317. The topological polar surface area (TPSA) is 145 Å². The minimum atomic E-state index is -0.855. The molecule has 11 heteroatoms. The monoisotopic (exact) mass is 704 g/mol. The summed E-state index contributed by atoms with van der Waals surface area (Å²) in [5, 5.41) is 28.0. The lowest BCUT2D eigenvalue weighted by atomic mass is 9.86. The Labute approximate surface area is 302 Å². The van der Waals surface area contributed by atoms with E-state index in [4.69, 9.17) is 14.2 Å². The number of aromatic nitrogens is 1. The highest BCUT2D eigenvalue weighted by atomic mass is 16.6. The number of benzene rings is 4. The first-order valence-corrected chi connectivity index (χ1v) is 17.8. The number of hydrogen-bond acceptors (Lipinski definition) is 9. The minimum absolute atomic E-state index is 0.0465. The van der Waals surface area contributed by atoms with Crippen molar-refractivity contribution >= 4 is 17.0 Å². The van der Waals surface area contributed by atoms with Gasteiger partial charge < -0.3 is 40.0 Å². The fourth-order valence-corrected chi connectivity index (χ4v) is 7.20. The Morgan fingerprint density at radius 1 is 0.865 bits per heavy atom. The number of pyridine rings is 1. The number of phenolic OH excluding ortho intramolecular Hbond substituents is 1. The number of piperidine rings is 3. The molecule has 3 aliphatic heterocycles. The first-order valence-electron chi connectivity index (χ1n) is 17.8. The number of carbonyl (C=O) groups is 1. The number of nitrogens with zero attached hydrogens (tertiary/aromatic N) is 1. The number of ether oxygens (including phenoxy) is 3. The molecule has 0 radical (unpaired) electrons. The molecule has 4 heterocycles. The maximum atomic E-state index is 13.2. The van der Waals surface area contributed by atoms with Gasteiger partial charge in [0.2, 0.25) is 5.56 Å². The molecule has 0 spiro atoms. The van der Waals surface area contributed by atoms with Crippen molar-refractivity contribution in [2.24, 2.45) is 5.92 Å². The van der Waals surface area contributed by atoms with Crippen molar-refractivity contribution in [1.82, 2.24) is 20.5 Å². The van der Waals surface area contributed by atoms with Crippen LogP contribution < -0.4 is 25.7 Å². The molecule has 3 aliphatic rings. The number of rotatable bonds is 14. The molecule has 2 bridgehead atoms. The van der Waals surface area contributed by atoms with Gasteiger partial charge in [-0.25, -0.2) is 4.79 Å². The zero-order valence-corrected chi connectivity index (χ0v) is 28.9. The molecular formula is C41H44N4O7. The molecule has 5 N–H and O–H groups in total. The largest absolute Gasteiger partial charge is 0.506 e. The lowest BCUT2D eigenvalue weighted by Crippen LogP contribution is -2.52. The van der Waals surface area contributed by atoms with Crippen LogP contribution in [0.4, 0.5) is 4.79 Å².